The van der Waals surface area contributed by atoms with Crippen LogP contribution in [0.1, 0.15) is 30.9 Å². The Labute approximate surface area is 113 Å². The van der Waals surface area contributed by atoms with Gasteiger partial charge in [0, 0.05) is 6.04 Å². The number of hydrogen-bond acceptors (Lipinski definition) is 3. The molecule has 0 heterocycles. The van der Waals surface area contributed by atoms with E-state index in [1.165, 1.54) is 24.8 Å². The highest BCUT2D eigenvalue weighted by Gasteiger charge is 2.55. The van der Waals surface area contributed by atoms with E-state index in [2.05, 4.69) is 5.43 Å². The predicted molar refractivity (Wildman–Crippen MR) is 72.4 cm³/mol. The number of nitrogens with two attached hydrogens (primary N) is 1. The molecule has 2 aliphatic carbocycles. The molecule has 4 heteroatoms. The van der Waals surface area contributed by atoms with Gasteiger partial charge < -0.3 is 4.74 Å². The van der Waals surface area contributed by atoms with Gasteiger partial charge in [0.2, 0.25) is 0 Å². The molecule has 3 unspecified atom stereocenters. The number of hydrogen-bond donors (Lipinski definition) is 2. The molecule has 0 bridgehead atoms. The summed E-state index contributed by atoms with van der Waals surface area (Å²) in [5.74, 6) is 8.90. The van der Waals surface area contributed by atoms with Crippen LogP contribution in [0.15, 0.2) is 18.2 Å². The molecule has 0 amide bonds. The van der Waals surface area contributed by atoms with Crippen LogP contribution in [0.3, 0.4) is 0 Å². The number of hydrazine groups is 1. The topological polar surface area (TPSA) is 47.3 Å². The Kier molecular flexibility index (Phi) is 3.22. The van der Waals surface area contributed by atoms with Crippen molar-refractivity contribution in [3.05, 3.63) is 28.8 Å². The lowest BCUT2D eigenvalue weighted by Crippen LogP contribution is -2.30. The molecule has 0 spiro atoms. The second kappa shape index (κ2) is 4.72. The fraction of sp³-hybridized carbons (Fsp3) is 0.571. The van der Waals surface area contributed by atoms with Crippen molar-refractivity contribution in [1.29, 1.82) is 0 Å². The maximum atomic E-state index is 6.06. The second-order valence-corrected chi connectivity index (χ2v) is 5.78. The summed E-state index contributed by atoms with van der Waals surface area (Å²) in [6.45, 7) is 0. The molecule has 3 atom stereocenters. The highest BCUT2D eigenvalue weighted by Crippen LogP contribution is 2.62. The van der Waals surface area contributed by atoms with Gasteiger partial charge in [-0.05, 0) is 48.3 Å². The molecule has 0 aliphatic heterocycles. The smallest absolute Gasteiger partial charge is 0.137 e. The van der Waals surface area contributed by atoms with Crippen LogP contribution in [-0.4, -0.2) is 7.11 Å². The minimum absolute atomic E-state index is 0.228. The Morgan fingerprint density at radius 3 is 2.72 bits per heavy atom. The van der Waals surface area contributed by atoms with Crippen LogP contribution >= 0.6 is 11.6 Å². The lowest BCUT2D eigenvalue weighted by molar-refractivity contribution is 0.405. The van der Waals surface area contributed by atoms with E-state index >= 15 is 0 Å². The van der Waals surface area contributed by atoms with Crippen LogP contribution in [-0.2, 0) is 0 Å². The van der Waals surface area contributed by atoms with Crippen LogP contribution in [0, 0.1) is 17.8 Å². The molecule has 1 aromatic carbocycles. The number of ether oxygens (including phenoxy) is 1. The van der Waals surface area contributed by atoms with Gasteiger partial charge in [-0.3, -0.25) is 11.3 Å². The first-order chi connectivity index (χ1) is 8.76. The normalized spacial score (nSPS) is 30.9. The predicted octanol–water partition coefficient (Wildman–Crippen LogP) is 2.90. The third-order valence-electron chi connectivity index (χ3n) is 4.57. The van der Waals surface area contributed by atoms with Crippen LogP contribution in [0.25, 0.3) is 0 Å². The summed E-state index contributed by atoms with van der Waals surface area (Å²) in [6, 6.07) is 6.16. The van der Waals surface area contributed by atoms with Crippen LogP contribution in [0.2, 0.25) is 5.02 Å². The van der Waals surface area contributed by atoms with Crippen LogP contribution in [0.4, 0.5) is 0 Å². The Balaban J connectivity index is 1.83. The van der Waals surface area contributed by atoms with Gasteiger partial charge in [-0.15, -0.1) is 0 Å². The Morgan fingerprint density at radius 1 is 1.39 bits per heavy atom. The SMILES string of the molecule is COc1cc(C(NN)C2C3CCCC32)ccc1Cl. The van der Waals surface area contributed by atoms with Crippen LogP contribution < -0.4 is 16.0 Å². The first-order valence-corrected chi connectivity index (χ1v) is 6.93. The fourth-order valence-corrected chi connectivity index (χ4v) is 3.87. The van der Waals surface area contributed by atoms with E-state index in [-0.39, 0.29) is 6.04 Å². The van der Waals surface area contributed by atoms with Crippen molar-refractivity contribution in [3.8, 4) is 5.75 Å². The monoisotopic (exact) mass is 266 g/mol. The summed E-state index contributed by atoms with van der Waals surface area (Å²) in [4.78, 5) is 0. The molecule has 1 aromatic rings. The molecule has 3 N–H and O–H groups in total. The standard InChI is InChI=1S/C14H19ClN2O/c1-18-12-7-8(5-6-11(12)15)14(17-16)13-9-3-2-4-10(9)13/h5-7,9-10,13-14,17H,2-4,16H2,1H3. The molecule has 0 aromatic heterocycles. The third-order valence-corrected chi connectivity index (χ3v) is 4.88. The van der Waals surface area contributed by atoms with E-state index in [0.29, 0.717) is 10.9 Å². The molecule has 2 aliphatic rings. The van der Waals surface area contributed by atoms with E-state index in [0.717, 1.165) is 17.6 Å². The Bertz CT molecular complexity index is 441. The van der Waals surface area contributed by atoms with Gasteiger partial charge in [0.05, 0.1) is 12.1 Å². The van der Waals surface area contributed by atoms with Gasteiger partial charge in [0.15, 0.2) is 0 Å². The number of halogens is 1. The number of fused-ring (bicyclic) bond motifs is 1. The van der Waals surface area contributed by atoms with Gasteiger partial charge in [0.25, 0.3) is 0 Å². The number of methoxy groups -OCH3 is 1. The van der Waals surface area contributed by atoms with Gasteiger partial charge in [-0.2, -0.15) is 0 Å². The minimum atomic E-state index is 0.228. The highest BCUT2D eigenvalue weighted by atomic mass is 35.5. The van der Waals surface area contributed by atoms with E-state index < -0.39 is 0 Å². The van der Waals surface area contributed by atoms with E-state index in [1.54, 1.807) is 7.11 Å². The van der Waals surface area contributed by atoms with Gasteiger partial charge in [0.1, 0.15) is 5.75 Å². The zero-order chi connectivity index (χ0) is 12.7. The van der Waals surface area contributed by atoms with Crippen molar-refractivity contribution in [1.82, 2.24) is 5.43 Å². The number of nitrogens with one attached hydrogen (secondary N) is 1. The van der Waals surface area contributed by atoms with Gasteiger partial charge >= 0.3 is 0 Å². The zero-order valence-corrected chi connectivity index (χ0v) is 11.3. The molecule has 3 nitrogen and oxygen atoms in total. The number of benzene rings is 1. The Hall–Kier alpha value is -0.770. The molecular weight excluding hydrogens is 248 g/mol. The van der Waals surface area contributed by atoms with Gasteiger partial charge in [-0.25, -0.2) is 0 Å². The summed E-state index contributed by atoms with van der Waals surface area (Å²) >= 11 is 6.06. The minimum Gasteiger partial charge on any atom is -0.495 e. The lowest BCUT2D eigenvalue weighted by atomic mass is 9.97. The highest BCUT2D eigenvalue weighted by molar-refractivity contribution is 6.32. The maximum absolute atomic E-state index is 6.06. The molecule has 0 saturated heterocycles. The summed E-state index contributed by atoms with van der Waals surface area (Å²) in [5, 5.41) is 0.646. The van der Waals surface area contributed by atoms with Crippen molar-refractivity contribution >= 4 is 11.6 Å². The molecular formula is C14H19ClN2O. The van der Waals surface area contributed by atoms with Crippen LogP contribution in [0.5, 0.6) is 5.75 Å². The van der Waals surface area contributed by atoms with E-state index in [9.17, 15) is 0 Å². The quantitative estimate of drug-likeness (QED) is 0.651. The van der Waals surface area contributed by atoms with Gasteiger partial charge in [-0.1, -0.05) is 24.1 Å². The second-order valence-electron chi connectivity index (χ2n) is 5.37. The lowest BCUT2D eigenvalue weighted by Gasteiger charge is -2.19. The van der Waals surface area contributed by atoms with Crippen molar-refractivity contribution in [2.45, 2.75) is 25.3 Å². The summed E-state index contributed by atoms with van der Waals surface area (Å²) in [7, 11) is 1.64. The third kappa shape index (κ3) is 1.91. The first kappa shape index (κ1) is 12.3. The first-order valence-electron chi connectivity index (χ1n) is 6.56. The largest absolute Gasteiger partial charge is 0.495 e. The molecule has 2 fully saturated rings. The van der Waals surface area contributed by atoms with Crippen molar-refractivity contribution < 1.29 is 4.74 Å². The summed E-state index contributed by atoms with van der Waals surface area (Å²) in [5.41, 5.74) is 4.16. The van der Waals surface area contributed by atoms with Crippen molar-refractivity contribution in [3.63, 3.8) is 0 Å². The van der Waals surface area contributed by atoms with E-state index in [1.807, 2.05) is 18.2 Å². The molecule has 3 rings (SSSR count). The molecule has 98 valence electrons. The molecule has 2 saturated carbocycles. The van der Waals surface area contributed by atoms with Crippen molar-refractivity contribution in [2.75, 3.05) is 7.11 Å². The van der Waals surface area contributed by atoms with E-state index in [4.69, 9.17) is 22.2 Å². The summed E-state index contributed by atoms with van der Waals surface area (Å²) in [6.07, 6.45) is 4.10. The molecule has 0 radical (unpaired) electrons. The average molecular weight is 267 g/mol. The number of rotatable bonds is 4. The summed E-state index contributed by atoms with van der Waals surface area (Å²) < 4.78 is 5.27. The fourth-order valence-electron chi connectivity index (χ4n) is 3.67. The average Bonchev–Trinajstić information content (AvgIpc) is 2.86. The maximum Gasteiger partial charge on any atom is 0.137 e. The molecule has 18 heavy (non-hydrogen) atoms. The zero-order valence-electron chi connectivity index (χ0n) is 10.5. The Morgan fingerprint density at radius 2 is 2.11 bits per heavy atom. The van der Waals surface area contributed by atoms with Crippen molar-refractivity contribution in [2.24, 2.45) is 23.6 Å².